The lowest BCUT2D eigenvalue weighted by molar-refractivity contribution is -0.122. The van der Waals surface area contributed by atoms with Gasteiger partial charge in [0.2, 0.25) is 0 Å². The lowest BCUT2D eigenvalue weighted by atomic mass is 10.1. The van der Waals surface area contributed by atoms with Gasteiger partial charge in [-0.25, -0.2) is 0 Å². The van der Waals surface area contributed by atoms with E-state index in [2.05, 4.69) is 6.92 Å². The van der Waals surface area contributed by atoms with Crippen LogP contribution in [0.2, 0.25) is 0 Å². The molecule has 0 radical (unpaired) electrons. The minimum absolute atomic E-state index is 0.0769. The van der Waals surface area contributed by atoms with Gasteiger partial charge in [0, 0.05) is 6.04 Å². The summed E-state index contributed by atoms with van der Waals surface area (Å²) in [4.78, 5) is 14.7. The molecule has 1 aliphatic heterocycles. The molecule has 0 aromatic heterocycles. The number of benzene rings is 1. The topological polar surface area (TPSA) is 20.3 Å². The highest BCUT2D eigenvalue weighted by atomic mass is 32.2. The van der Waals surface area contributed by atoms with E-state index >= 15 is 0 Å². The van der Waals surface area contributed by atoms with Crippen molar-refractivity contribution in [3.8, 4) is 0 Å². The summed E-state index contributed by atoms with van der Waals surface area (Å²) in [7, 11) is 0. The summed E-state index contributed by atoms with van der Waals surface area (Å²) >= 11 is 6.69. The number of aryl methyl sites for hydroxylation is 1. The van der Waals surface area contributed by atoms with Crippen molar-refractivity contribution < 1.29 is 4.79 Å². The number of rotatable bonds is 2. The van der Waals surface area contributed by atoms with Gasteiger partial charge < -0.3 is 0 Å². The van der Waals surface area contributed by atoms with Crippen molar-refractivity contribution in [2.75, 3.05) is 0 Å². The smallest absolute Gasteiger partial charge is 0.266 e. The molecule has 92 valence electrons. The number of hydrogen-bond donors (Lipinski definition) is 0. The zero-order chi connectivity index (χ0) is 12.7. The first-order valence-electron chi connectivity index (χ1n) is 5.99. The van der Waals surface area contributed by atoms with Crippen molar-refractivity contribution in [3.63, 3.8) is 0 Å². The molecule has 2 nitrogen and oxygen atoms in total. The van der Waals surface area contributed by atoms with Gasteiger partial charge in [-0.05, 0) is 31.4 Å². The molecule has 0 unspecified atom stereocenters. The summed E-state index contributed by atoms with van der Waals surface area (Å²) in [5.41, 5.74) is 2.27. The largest absolute Gasteiger partial charge is 0.290 e. The molecule has 1 aliphatic carbocycles. The van der Waals surface area contributed by atoms with E-state index in [0.29, 0.717) is 10.4 Å². The fourth-order valence-electron chi connectivity index (χ4n) is 1.94. The molecule has 0 spiro atoms. The Labute approximate surface area is 116 Å². The first kappa shape index (κ1) is 11.9. The van der Waals surface area contributed by atoms with Gasteiger partial charge in [0.25, 0.3) is 5.91 Å². The summed E-state index contributed by atoms with van der Waals surface area (Å²) in [6, 6.07) is 8.51. The normalized spacial score (nSPS) is 22.1. The van der Waals surface area contributed by atoms with Gasteiger partial charge >= 0.3 is 0 Å². The van der Waals surface area contributed by atoms with E-state index in [0.717, 1.165) is 23.3 Å². The van der Waals surface area contributed by atoms with Crippen molar-refractivity contribution in [3.05, 3.63) is 40.3 Å². The molecule has 18 heavy (non-hydrogen) atoms. The Balaban J connectivity index is 1.86. The summed E-state index contributed by atoms with van der Waals surface area (Å²) < 4.78 is 0.709. The Morgan fingerprint density at radius 2 is 2.00 bits per heavy atom. The first-order valence-corrected chi connectivity index (χ1v) is 7.21. The number of nitrogens with zero attached hydrogens (tertiary/aromatic N) is 1. The van der Waals surface area contributed by atoms with Crippen LogP contribution < -0.4 is 0 Å². The molecule has 1 aromatic rings. The second kappa shape index (κ2) is 4.52. The van der Waals surface area contributed by atoms with Crippen LogP contribution in [0.4, 0.5) is 0 Å². The molecule has 2 fully saturated rings. The standard InChI is InChI=1S/C14H13NOS2/c1-9-2-4-10(5-3-9)8-12-13(16)15(11-6-7-11)14(17)18-12/h2-5,8,11H,6-7H2,1H3. The number of amides is 1. The van der Waals surface area contributed by atoms with Gasteiger partial charge in [0.05, 0.1) is 4.91 Å². The summed E-state index contributed by atoms with van der Waals surface area (Å²) in [6.45, 7) is 2.05. The predicted octanol–water partition coefficient (Wildman–Crippen LogP) is 3.36. The number of hydrogen-bond acceptors (Lipinski definition) is 3. The first-order chi connectivity index (χ1) is 8.65. The minimum Gasteiger partial charge on any atom is -0.290 e. The van der Waals surface area contributed by atoms with Crippen LogP contribution in [0, 0.1) is 6.92 Å². The highest BCUT2D eigenvalue weighted by molar-refractivity contribution is 8.26. The van der Waals surface area contributed by atoms with E-state index in [1.54, 1.807) is 4.90 Å². The number of carbonyl (C=O) groups excluding carboxylic acids is 1. The molecule has 0 atom stereocenters. The molecule has 1 heterocycles. The zero-order valence-electron chi connectivity index (χ0n) is 10.1. The molecule has 4 heteroatoms. The van der Waals surface area contributed by atoms with Gasteiger partial charge in [-0.2, -0.15) is 0 Å². The van der Waals surface area contributed by atoms with Crippen LogP contribution >= 0.6 is 24.0 Å². The maximum absolute atomic E-state index is 12.2. The fourth-order valence-corrected chi connectivity index (χ4v) is 3.34. The lowest BCUT2D eigenvalue weighted by Crippen LogP contribution is -2.30. The van der Waals surface area contributed by atoms with E-state index < -0.39 is 0 Å². The van der Waals surface area contributed by atoms with Crippen molar-refractivity contribution in [1.29, 1.82) is 0 Å². The third kappa shape index (κ3) is 2.22. The Hall–Kier alpha value is -1.13. The molecular formula is C14H13NOS2. The van der Waals surface area contributed by atoms with Crippen LogP contribution in [0.3, 0.4) is 0 Å². The number of thioether (sulfide) groups is 1. The monoisotopic (exact) mass is 275 g/mol. The van der Waals surface area contributed by atoms with E-state index in [1.165, 1.54) is 17.3 Å². The van der Waals surface area contributed by atoms with Gasteiger partial charge in [-0.1, -0.05) is 53.8 Å². The zero-order valence-corrected chi connectivity index (χ0v) is 11.7. The molecule has 3 rings (SSSR count). The Morgan fingerprint density at radius 1 is 1.33 bits per heavy atom. The predicted molar refractivity (Wildman–Crippen MR) is 79.2 cm³/mol. The number of carbonyl (C=O) groups is 1. The Morgan fingerprint density at radius 3 is 2.61 bits per heavy atom. The third-order valence-corrected chi connectivity index (χ3v) is 4.44. The average molecular weight is 275 g/mol. The van der Waals surface area contributed by atoms with Crippen molar-refractivity contribution in [2.24, 2.45) is 0 Å². The fraction of sp³-hybridized carbons (Fsp3) is 0.286. The SMILES string of the molecule is Cc1ccc(C=C2SC(=S)N(C3CC3)C2=O)cc1. The second-order valence-electron chi connectivity index (χ2n) is 4.69. The van der Waals surface area contributed by atoms with Crippen LogP contribution in [0.15, 0.2) is 29.2 Å². The van der Waals surface area contributed by atoms with Gasteiger partial charge in [-0.3, -0.25) is 9.69 Å². The van der Waals surface area contributed by atoms with Crippen LogP contribution in [0.5, 0.6) is 0 Å². The van der Waals surface area contributed by atoms with Gasteiger partial charge in [0.1, 0.15) is 4.32 Å². The van der Waals surface area contributed by atoms with Crippen LogP contribution in [0.25, 0.3) is 6.08 Å². The second-order valence-corrected chi connectivity index (χ2v) is 6.37. The maximum Gasteiger partial charge on any atom is 0.266 e. The van der Waals surface area contributed by atoms with E-state index in [9.17, 15) is 4.79 Å². The maximum atomic E-state index is 12.2. The van der Waals surface area contributed by atoms with Crippen LogP contribution in [0.1, 0.15) is 24.0 Å². The lowest BCUT2D eigenvalue weighted by Gasteiger charge is -2.11. The quantitative estimate of drug-likeness (QED) is 0.610. The molecular weight excluding hydrogens is 262 g/mol. The minimum atomic E-state index is 0.0769. The van der Waals surface area contributed by atoms with Crippen LogP contribution in [-0.2, 0) is 4.79 Å². The average Bonchev–Trinajstić information content (AvgIpc) is 3.12. The number of thiocarbonyl (C=S) groups is 1. The van der Waals surface area contributed by atoms with Gasteiger partial charge in [0.15, 0.2) is 0 Å². The van der Waals surface area contributed by atoms with Crippen molar-refractivity contribution in [1.82, 2.24) is 4.90 Å². The Kier molecular flexibility index (Phi) is 2.99. The van der Waals surface area contributed by atoms with Crippen molar-refractivity contribution >= 4 is 40.3 Å². The summed E-state index contributed by atoms with van der Waals surface area (Å²) in [5.74, 6) is 0.0769. The van der Waals surface area contributed by atoms with E-state index in [1.807, 2.05) is 30.3 Å². The summed E-state index contributed by atoms with van der Waals surface area (Å²) in [6.07, 6.45) is 4.11. The summed E-state index contributed by atoms with van der Waals surface area (Å²) in [5, 5.41) is 0. The third-order valence-electron chi connectivity index (χ3n) is 3.11. The Bertz CT molecular complexity index is 543. The van der Waals surface area contributed by atoms with E-state index in [4.69, 9.17) is 12.2 Å². The highest BCUT2D eigenvalue weighted by Gasteiger charge is 2.41. The molecule has 2 aliphatic rings. The molecule has 0 N–H and O–H groups in total. The molecule has 1 aromatic carbocycles. The van der Waals surface area contributed by atoms with Crippen molar-refractivity contribution in [2.45, 2.75) is 25.8 Å². The highest BCUT2D eigenvalue weighted by Crippen LogP contribution is 2.39. The van der Waals surface area contributed by atoms with E-state index in [-0.39, 0.29) is 5.91 Å². The molecule has 1 amide bonds. The molecule has 1 saturated carbocycles. The van der Waals surface area contributed by atoms with Gasteiger partial charge in [-0.15, -0.1) is 0 Å². The molecule has 0 bridgehead atoms. The molecule has 1 saturated heterocycles. The van der Waals surface area contributed by atoms with Crippen LogP contribution in [-0.4, -0.2) is 21.2 Å².